The van der Waals surface area contributed by atoms with E-state index in [2.05, 4.69) is 0 Å². The second-order valence-electron chi connectivity index (χ2n) is 5.16. The predicted molar refractivity (Wildman–Crippen MR) is 61.3 cm³/mol. The molecule has 2 rings (SSSR count). The second-order valence-corrected chi connectivity index (χ2v) is 5.16. The zero-order chi connectivity index (χ0) is 11.4. The molecule has 0 radical (unpaired) electrons. The smallest absolute Gasteiger partial charge is 0.309 e. The van der Waals surface area contributed by atoms with E-state index in [0.29, 0.717) is 6.10 Å². The van der Waals surface area contributed by atoms with Gasteiger partial charge in [-0.15, -0.1) is 0 Å². The minimum atomic E-state index is -0.666. The summed E-state index contributed by atoms with van der Waals surface area (Å²) in [5, 5.41) is 9.16. The second kappa shape index (κ2) is 5.67. The number of hydrogen-bond donors (Lipinski definition) is 1. The van der Waals surface area contributed by atoms with Crippen LogP contribution in [0.15, 0.2) is 0 Å². The van der Waals surface area contributed by atoms with Crippen LogP contribution in [0.3, 0.4) is 0 Å². The summed E-state index contributed by atoms with van der Waals surface area (Å²) in [6.45, 7) is 0. The van der Waals surface area contributed by atoms with Crippen LogP contribution in [0.2, 0.25) is 0 Å². The van der Waals surface area contributed by atoms with E-state index in [1.54, 1.807) is 0 Å². The number of aliphatic carboxylic acids is 1. The van der Waals surface area contributed by atoms with Crippen LogP contribution in [-0.4, -0.2) is 23.3 Å². The quantitative estimate of drug-likeness (QED) is 0.804. The monoisotopic (exact) mass is 226 g/mol. The highest BCUT2D eigenvalue weighted by molar-refractivity contribution is 5.70. The van der Waals surface area contributed by atoms with Gasteiger partial charge < -0.3 is 9.84 Å². The molecule has 2 fully saturated rings. The first-order chi connectivity index (χ1) is 7.77. The SMILES string of the molecule is O=C(O)[C@@H]1CCCC[C@H]1OC1CCCCC1. The van der Waals surface area contributed by atoms with Crippen LogP contribution in [0.1, 0.15) is 57.8 Å². The molecule has 2 aliphatic carbocycles. The molecule has 0 unspecified atom stereocenters. The number of ether oxygens (including phenoxy) is 1. The first-order valence-corrected chi connectivity index (χ1v) is 6.65. The maximum absolute atomic E-state index is 11.1. The van der Waals surface area contributed by atoms with Crippen LogP contribution < -0.4 is 0 Å². The number of hydrogen-bond acceptors (Lipinski definition) is 2. The average Bonchev–Trinajstić information content (AvgIpc) is 2.31. The van der Waals surface area contributed by atoms with Crippen molar-refractivity contribution >= 4 is 5.97 Å². The van der Waals surface area contributed by atoms with Gasteiger partial charge in [0.25, 0.3) is 0 Å². The lowest BCUT2D eigenvalue weighted by atomic mass is 9.86. The van der Waals surface area contributed by atoms with Crippen LogP contribution in [0.4, 0.5) is 0 Å². The average molecular weight is 226 g/mol. The van der Waals surface area contributed by atoms with Crippen molar-refractivity contribution in [3.63, 3.8) is 0 Å². The summed E-state index contributed by atoms with van der Waals surface area (Å²) in [5.41, 5.74) is 0. The van der Waals surface area contributed by atoms with E-state index in [-0.39, 0.29) is 12.0 Å². The molecule has 0 aliphatic heterocycles. The van der Waals surface area contributed by atoms with Gasteiger partial charge >= 0.3 is 5.97 Å². The maximum Gasteiger partial charge on any atom is 0.309 e. The molecular formula is C13H22O3. The molecule has 92 valence electrons. The number of carboxylic acids is 1. The first kappa shape index (κ1) is 11.9. The fourth-order valence-corrected chi connectivity index (χ4v) is 2.99. The topological polar surface area (TPSA) is 46.5 Å². The third kappa shape index (κ3) is 2.97. The lowest BCUT2D eigenvalue weighted by molar-refractivity contribution is -0.153. The normalized spacial score (nSPS) is 32.5. The van der Waals surface area contributed by atoms with Crippen LogP contribution in [0.5, 0.6) is 0 Å². The summed E-state index contributed by atoms with van der Waals surface area (Å²) in [7, 11) is 0. The lowest BCUT2D eigenvalue weighted by Gasteiger charge is -2.33. The molecule has 0 amide bonds. The lowest BCUT2D eigenvalue weighted by Crippen LogP contribution is -2.36. The zero-order valence-electron chi connectivity index (χ0n) is 9.86. The van der Waals surface area contributed by atoms with Crippen molar-refractivity contribution in [1.29, 1.82) is 0 Å². The van der Waals surface area contributed by atoms with Crippen molar-refractivity contribution in [3.05, 3.63) is 0 Å². The molecular weight excluding hydrogens is 204 g/mol. The highest BCUT2D eigenvalue weighted by atomic mass is 16.5. The van der Waals surface area contributed by atoms with E-state index < -0.39 is 5.97 Å². The van der Waals surface area contributed by atoms with Crippen LogP contribution in [0.25, 0.3) is 0 Å². The Kier molecular flexibility index (Phi) is 4.22. The molecule has 0 spiro atoms. The molecule has 2 aliphatic rings. The van der Waals surface area contributed by atoms with E-state index in [0.717, 1.165) is 38.5 Å². The molecule has 0 saturated heterocycles. The van der Waals surface area contributed by atoms with Gasteiger partial charge in [-0.05, 0) is 25.7 Å². The van der Waals surface area contributed by atoms with Gasteiger partial charge in [-0.25, -0.2) is 0 Å². The predicted octanol–water partition coefficient (Wildman–Crippen LogP) is 2.98. The standard InChI is InChI=1S/C13H22O3/c14-13(15)11-8-4-5-9-12(11)16-10-6-2-1-3-7-10/h10-12H,1-9H2,(H,14,15)/t11-,12-/m1/s1. The fourth-order valence-electron chi connectivity index (χ4n) is 2.99. The van der Waals surface area contributed by atoms with Gasteiger partial charge in [-0.2, -0.15) is 0 Å². The minimum Gasteiger partial charge on any atom is -0.481 e. The molecule has 1 N–H and O–H groups in total. The van der Waals surface area contributed by atoms with Gasteiger partial charge in [-0.3, -0.25) is 4.79 Å². The van der Waals surface area contributed by atoms with Crippen LogP contribution in [0, 0.1) is 5.92 Å². The van der Waals surface area contributed by atoms with Gasteiger partial charge in [0.2, 0.25) is 0 Å². The Bertz CT molecular complexity index is 233. The highest BCUT2D eigenvalue weighted by Gasteiger charge is 2.33. The van der Waals surface area contributed by atoms with Crippen LogP contribution >= 0.6 is 0 Å². The Morgan fingerprint density at radius 3 is 2.25 bits per heavy atom. The van der Waals surface area contributed by atoms with Crippen molar-refractivity contribution in [3.8, 4) is 0 Å². The zero-order valence-corrected chi connectivity index (χ0v) is 9.86. The first-order valence-electron chi connectivity index (χ1n) is 6.65. The summed E-state index contributed by atoms with van der Waals surface area (Å²) in [5.74, 6) is -0.920. The van der Waals surface area contributed by atoms with E-state index in [9.17, 15) is 4.79 Å². The van der Waals surface area contributed by atoms with Crippen molar-refractivity contribution in [1.82, 2.24) is 0 Å². The Balaban J connectivity index is 1.87. The van der Waals surface area contributed by atoms with Gasteiger partial charge in [0.1, 0.15) is 0 Å². The minimum absolute atomic E-state index is 0.0191. The number of carbonyl (C=O) groups is 1. The Morgan fingerprint density at radius 2 is 1.56 bits per heavy atom. The summed E-state index contributed by atoms with van der Waals surface area (Å²) in [6, 6.07) is 0. The van der Waals surface area contributed by atoms with Crippen molar-refractivity contribution in [2.24, 2.45) is 5.92 Å². The third-order valence-electron chi connectivity index (χ3n) is 3.94. The van der Waals surface area contributed by atoms with E-state index >= 15 is 0 Å². The van der Waals surface area contributed by atoms with Crippen molar-refractivity contribution < 1.29 is 14.6 Å². The number of carboxylic acid groups (broad SMARTS) is 1. The van der Waals surface area contributed by atoms with Crippen molar-refractivity contribution in [2.45, 2.75) is 70.0 Å². The van der Waals surface area contributed by atoms with E-state index in [1.165, 1.54) is 19.3 Å². The Morgan fingerprint density at radius 1 is 0.938 bits per heavy atom. The molecule has 0 bridgehead atoms. The molecule has 16 heavy (non-hydrogen) atoms. The van der Waals surface area contributed by atoms with Gasteiger partial charge in [-0.1, -0.05) is 32.1 Å². The summed E-state index contributed by atoms with van der Waals surface area (Å²) in [6.07, 6.45) is 10.3. The largest absolute Gasteiger partial charge is 0.481 e. The molecule has 3 heteroatoms. The Hall–Kier alpha value is -0.570. The molecule has 2 atom stereocenters. The Labute approximate surface area is 97.2 Å². The summed E-state index contributed by atoms with van der Waals surface area (Å²) in [4.78, 5) is 11.1. The van der Waals surface area contributed by atoms with Gasteiger partial charge in [0.05, 0.1) is 18.1 Å². The van der Waals surface area contributed by atoms with E-state index in [1.807, 2.05) is 0 Å². The maximum atomic E-state index is 11.1. The van der Waals surface area contributed by atoms with Crippen molar-refractivity contribution in [2.75, 3.05) is 0 Å². The van der Waals surface area contributed by atoms with Gasteiger partial charge in [0.15, 0.2) is 0 Å². The molecule has 0 aromatic rings. The van der Waals surface area contributed by atoms with E-state index in [4.69, 9.17) is 9.84 Å². The number of rotatable bonds is 3. The fraction of sp³-hybridized carbons (Fsp3) is 0.923. The highest BCUT2D eigenvalue weighted by Crippen LogP contribution is 2.31. The molecule has 3 nitrogen and oxygen atoms in total. The van der Waals surface area contributed by atoms with Gasteiger partial charge in [0, 0.05) is 0 Å². The molecule has 0 heterocycles. The summed E-state index contributed by atoms with van der Waals surface area (Å²) >= 11 is 0. The molecule has 2 saturated carbocycles. The molecule has 0 aromatic heterocycles. The molecule has 0 aromatic carbocycles. The third-order valence-corrected chi connectivity index (χ3v) is 3.94. The summed E-state index contributed by atoms with van der Waals surface area (Å²) < 4.78 is 6.03. The van der Waals surface area contributed by atoms with Crippen LogP contribution in [-0.2, 0) is 9.53 Å².